The Morgan fingerprint density at radius 3 is 2.32 bits per heavy atom. The molecule has 2 N–H and O–H groups in total. The molecule has 2 aromatic carbocycles. The van der Waals surface area contributed by atoms with Gasteiger partial charge in [0.2, 0.25) is 0 Å². The highest BCUT2D eigenvalue weighted by molar-refractivity contribution is 9.10. The molecule has 0 fully saturated rings. The molecule has 7 heteroatoms. The van der Waals surface area contributed by atoms with E-state index in [1.165, 1.54) is 24.3 Å². The molecule has 0 heterocycles. The molecule has 114 valence electrons. The van der Waals surface area contributed by atoms with E-state index in [0.717, 1.165) is 4.47 Å². The molecule has 22 heavy (non-hydrogen) atoms. The van der Waals surface area contributed by atoms with Gasteiger partial charge in [-0.15, -0.1) is 0 Å². The van der Waals surface area contributed by atoms with Crippen LogP contribution < -0.4 is 5.32 Å². The first kappa shape index (κ1) is 16.1. The van der Waals surface area contributed by atoms with Crippen LogP contribution in [0.4, 0.5) is 5.69 Å². The zero-order valence-corrected chi connectivity index (χ0v) is 13.0. The fraction of sp³-hybridized carbons (Fsp3) is 0.133. The van der Waals surface area contributed by atoms with E-state index < -0.39 is 11.0 Å². The van der Waals surface area contributed by atoms with Crippen molar-refractivity contribution in [3.8, 4) is 0 Å². The highest BCUT2D eigenvalue weighted by Gasteiger charge is 2.12. The highest BCUT2D eigenvalue weighted by Crippen LogP contribution is 2.17. The molecule has 0 aliphatic carbocycles. The lowest BCUT2D eigenvalue weighted by molar-refractivity contribution is -0.384. The number of non-ortho nitro benzene ring substituents is 1. The number of benzene rings is 2. The van der Waals surface area contributed by atoms with E-state index >= 15 is 0 Å². The molecule has 2 aromatic rings. The number of nitrogens with one attached hydrogen (secondary N) is 1. The van der Waals surface area contributed by atoms with Gasteiger partial charge in [-0.1, -0.05) is 15.9 Å². The number of nitro benzene ring substituents is 1. The van der Waals surface area contributed by atoms with E-state index in [1.807, 2.05) is 0 Å². The van der Waals surface area contributed by atoms with Crippen molar-refractivity contribution < 1.29 is 14.8 Å². The van der Waals surface area contributed by atoms with Gasteiger partial charge >= 0.3 is 0 Å². The molecule has 0 aromatic heterocycles. The van der Waals surface area contributed by atoms with E-state index in [-0.39, 0.29) is 18.1 Å². The summed E-state index contributed by atoms with van der Waals surface area (Å²) in [5, 5.41) is 23.2. The minimum atomic E-state index is -0.930. The second-order valence-corrected chi connectivity index (χ2v) is 5.50. The maximum Gasteiger partial charge on any atom is 0.269 e. The van der Waals surface area contributed by atoms with Gasteiger partial charge in [-0.3, -0.25) is 14.9 Å². The Labute approximate surface area is 135 Å². The summed E-state index contributed by atoms with van der Waals surface area (Å²) in [6.45, 7) is 0.0205. The average Bonchev–Trinajstić information content (AvgIpc) is 2.53. The molecule has 0 unspecified atom stereocenters. The first-order chi connectivity index (χ1) is 10.5. The van der Waals surface area contributed by atoms with E-state index in [2.05, 4.69) is 21.2 Å². The summed E-state index contributed by atoms with van der Waals surface area (Å²) in [5.74, 6) is -0.298. The largest absolute Gasteiger partial charge is 0.387 e. The van der Waals surface area contributed by atoms with Crippen LogP contribution in [0.25, 0.3) is 0 Å². The monoisotopic (exact) mass is 364 g/mol. The van der Waals surface area contributed by atoms with Crippen LogP contribution in [0.2, 0.25) is 0 Å². The quantitative estimate of drug-likeness (QED) is 0.630. The van der Waals surface area contributed by atoms with Crippen molar-refractivity contribution in [1.29, 1.82) is 0 Å². The molecule has 0 aliphatic heterocycles. The molecule has 1 amide bonds. The number of halogens is 1. The lowest BCUT2D eigenvalue weighted by Gasteiger charge is -2.12. The number of aliphatic hydroxyl groups is 1. The number of aliphatic hydroxyl groups excluding tert-OH is 1. The molecule has 0 spiro atoms. The molecule has 6 nitrogen and oxygen atoms in total. The van der Waals surface area contributed by atoms with Crippen molar-refractivity contribution in [2.45, 2.75) is 6.10 Å². The minimum Gasteiger partial charge on any atom is -0.387 e. The van der Waals surface area contributed by atoms with E-state index in [4.69, 9.17) is 0 Å². The van der Waals surface area contributed by atoms with Gasteiger partial charge in [0, 0.05) is 28.7 Å². The smallest absolute Gasteiger partial charge is 0.269 e. The van der Waals surface area contributed by atoms with Gasteiger partial charge in [0.1, 0.15) is 0 Å². The van der Waals surface area contributed by atoms with Crippen LogP contribution >= 0.6 is 15.9 Å². The topological polar surface area (TPSA) is 92.5 Å². The molecule has 0 bridgehead atoms. The Hall–Kier alpha value is -2.25. The number of hydrogen-bond donors (Lipinski definition) is 2. The standard InChI is InChI=1S/C15H13BrN2O4/c16-12-5-1-11(2-6-12)15(20)17-9-14(19)10-3-7-13(8-4-10)18(21)22/h1-8,14,19H,9H2,(H,17,20)/t14-/m1/s1. The second kappa shape index (κ2) is 7.15. The molecular formula is C15H13BrN2O4. The number of carbonyl (C=O) groups excluding carboxylic acids is 1. The summed E-state index contributed by atoms with van der Waals surface area (Å²) in [6.07, 6.45) is -0.930. The summed E-state index contributed by atoms with van der Waals surface area (Å²) < 4.78 is 0.870. The fourth-order valence-corrected chi connectivity index (χ4v) is 2.09. The predicted octanol–water partition coefficient (Wildman–Crippen LogP) is 2.82. The minimum absolute atomic E-state index is 0.0205. The summed E-state index contributed by atoms with van der Waals surface area (Å²) in [6, 6.07) is 12.4. The molecule has 2 rings (SSSR count). The normalized spacial score (nSPS) is 11.7. The third-order valence-corrected chi connectivity index (χ3v) is 3.58. The first-order valence-corrected chi connectivity index (χ1v) is 7.23. The van der Waals surface area contributed by atoms with Crippen molar-refractivity contribution >= 4 is 27.5 Å². The Bertz CT molecular complexity index is 671. The van der Waals surface area contributed by atoms with E-state index in [9.17, 15) is 20.0 Å². The second-order valence-electron chi connectivity index (χ2n) is 4.58. The summed E-state index contributed by atoms with van der Waals surface area (Å²) >= 11 is 3.28. The number of carbonyl (C=O) groups is 1. The van der Waals surface area contributed by atoms with Gasteiger partial charge in [-0.05, 0) is 42.0 Å². The molecular weight excluding hydrogens is 352 g/mol. The average molecular weight is 365 g/mol. The molecule has 0 radical (unpaired) electrons. The predicted molar refractivity (Wildman–Crippen MR) is 84.5 cm³/mol. The van der Waals surface area contributed by atoms with Crippen molar-refractivity contribution in [2.75, 3.05) is 6.54 Å². The number of hydrogen-bond acceptors (Lipinski definition) is 4. The first-order valence-electron chi connectivity index (χ1n) is 6.43. The van der Waals surface area contributed by atoms with Gasteiger partial charge in [0.25, 0.3) is 11.6 Å². The number of amides is 1. The van der Waals surface area contributed by atoms with E-state index in [0.29, 0.717) is 11.1 Å². The SMILES string of the molecule is O=C(NC[C@@H](O)c1ccc([N+](=O)[O-])cc1)c1ccc(Br)cc1. The van der Waals surface area contributed by atoms with Crippen LogP contribution in [-0.4, -0.2) is 22.5 Å². The van der Waals surface area contributed by atoms with Gasteiger partial charge in [0.05, 0.1) is 11.0 Å². The lowest BCUT2D eigenvalue weighted by atomic mass is 10.1. The lowest BCUT2D eigenvalue weighted by Crippen LogP contribution is -2.28. The van der Waals surface area contributed by atoms with Crippen LogP contribution in [0, 0.1) is 10.1 Å². The van der Waals surface area contributed by atoms with E-state index in [1.54, 1.807) is 24.3 Å². The number of rotatable bonds is 5. The van der Waals surface area contributed by atoms with Crippen molar-refractivity contribution in [3.63, 3.8) is 0 Å². The Kier molecular flexibility index (Phi) is 5.24. The van der Waals surface area contributed by atoms with Crippen molar-refractivity contribution in [3.05, 3.63) is 74.2 Å². The zero-order chi connectivity index (χ0) is 16.1. The molecule has 0 saturated carbocycles. The Morgan fingerprint density at radius 1 is 1.18 bits per heavy atom. The molecule has 0 aliphatic rings. The fourth-order valence-electron chi connectivity index (χ4n) is 1.83. The third kappa shape index (κ3) is 4.12. The maximum atomic E-state index is 11.9. The van der Waals surface area contributed by atoms with Crippen LogP contribution in [-0.2, 0) is 0 Å². The van der Waals surface area contributed by atoms with Crippen LogP contribution in [0.3, 0.4) is 0 Å². The van der Waals surface area contributed by atoms with Crippen molar-refractivity contribution in [1.82, 2.24) is 5.32 Å². The maximum absolute atomic E-state index is 11.9. The van der Waals surface area contributed by atoms with Gasteiger partial charge in [0.15, 0.2) is 0 Å². The Morgan fingerprint density at radius 2 is 1.77 bits per heavy atom. The van der Waals surface area contributed by atoms with Crippen LogP contribution in [0.1, 0.15) is 22.0 Å². The van der Waals surface area contributed by atoms with Gasteiger partial charge in [-0.25, -0.2) is 0 Å². The zero-order valence-electron chi connectivity index (χ0n) is 11.4. The van der Waals surface area contributed by atoms with Gasteiger partial charge in [-0.2, -0.15) is 0 Å². The van der Waals surface area contributed by atoms with Crippen LogP contribution in [0.15, 0.2) is 53.0 Å². The summed E-state index contributed by atoms with van der Waals surface area (Å²) in [4.78, 5) is 22.0. The van der Waals surface area contributed by atoms with Crippen molar-refractivity contribution in [2.24, 2.45) is 0 Å². The number of nitrogens with zero attached hydrogens (tertiary/aromatic N) is 1. The number of nitro groups is 1. The highest BCUT2D eigenvalue weighted by atomic mass is 79.9. The van der Waals surface area contributed by atoms with Crippen LogP contribution in [0.5, 0.6) is 0 Å². The van der Waals surface area contributed by atoms with Gasteiger partial charge < -0.3 is 10.4 Å². The summed E-state index contributed by atoms with van der Waals surface area (Å²) in [7, 11) is 0. The molecule has 0 saturated heterocycles. The Balaban J connectivity index is 1.94. The molecule has 1 atom stereocenters. The summed E-state index contributed by atoms with van der Waals surface area (Å²) in [5.41, 5.74) is 0.940. The third-order valence-electron chi connectivity index (χ3n) is 3.05.